The van der Waals surface area contributed by atoms with Crippen LogP contribution in [0.25, 0.3) is 10.9 Å². The van der Waals surface area contributed by atoms with E-state index < -0.39 is 0 Å². The Morgan fingerprint density at radius 3 is 2.89 bits per heavy atom. The number of nitrogens with one attached hydrogen (secondary N) is 2. The molecule has 0 aliphatic rings. The van der Waals surface area contributed by atoms with Crippen molar-refractivity contribution >= 4 is 22.5 Å². The molecule has 0 saturated carbocycles. The topological polar surface area (TPSA) is 66.5 Å². The summed E-state index contributed by atoms with van der Waals surface area (Å²) in [6.07, 6.45) is 1.43. The van der Waals surface area contributed by atoms with Crippen LogP contribution in [-0.2, 0) is 0 Å². The largest absolute Gasteiger partial charge is 0.323 e. The molecule has 0 unspecified atom stereocenters. The van der Waals surface area contributed by atoms with Crippen molar-refractivity contribution in [2.45, 2.75) is 6.92 Å². The van der Waals surface area contributed by atoms with Gasteiger partial charge in [0.2, 0.25) is 0 Å². The number of benzene rings is 1. The molecule has 2 heterocycles. The van der Waals surface area contributed by atoms with E-state index >= 15 is 0 Å². The number of nitrogens with zero attached hydrogens (tertiary/aromatic N) is 3. The highest BCUT2D eigenvalue weighted by Gasteiger charge is 2.06. The van der Waals surface area contributed by atoms with E-state index in [4.69, 9.17) is 0 Å². The Labute approximate surface area is 102 Å². The predicted octanol–water partition coefficient (Wildman–Crippen LogP) is 2.54. The fourth-order valence-electron chi connectivity index (χ4n) is 1.73. The van der Waals surface area contributed by atoms with Gasteiger partial charge in [0.1, 0.15) is 18.0 Å². The summed E-state index contributed by atoms with van der Waals surface area (Å²) < 4.78 is 13.3. The van der Waals surface area contributed by atoms with E-state index in [2.05, 4.69) is 25.5 Å². The van der Waals surface area contributed by atoms with Crippen molar-refractivity contribution in [1.29, 1.82) is 0 Å². The van der Waals surface area contributed by atoms with Gasteiger partial charge in [-0.3, -0.25) is 5.10 Å². The van der Waals surface area contributed by atoms with Gasteiger partial charge in [-0.25, -0.2) is 14.4 Å². The van der Waals surface area contributed by atoms with Crippen LogP contribution in [-0.4, -0.2) is 20.2 Å². The highest BCUT2D eigenvalue weighted by molar-refractivity contribution is 5.90. The van der Waals surface area contributed by atoms with E-state index in [1.54, 1.807) is 6.07 Å². The monoisotopic (exact) mass is 243 g/mol. The zero-order valence-electron chi connectivity index (χ0n) is 9.61. The Bertz CT molecular complexity index is 707. The van der Waals surface area contributed by atoms with Crippen molar-refractivity contribution in [3.05, 3.63) is 42.1 Å². The third kappa shape index (κ3) is 1.88. The van der Waals surface area contributed by atoms with Crippen LogP contribution in [0.15, 0.2) is 30.6 Å². The zero-order chi connectivity index (χ0) is 12.5. The molecule has 2 aromatic heterocycles. The van der Waals surface area contributed by atoms with E-state index in [1.807, 2.05) is 13.0 Å². The molecule has 3 aromatic rings. The second kappa shape index (κ2) is 4.06. The highest BCUT2D eigenvalue weighted by Crippen LogP contribution is 2.22. The molecular formula is C12H10FN5. The first-order valence-electron chi connectivity index (χ1n) is 5.42. The lowest BCUT2D eigenvalue weighted by Crippen LogP contribution is -1.96. The molecule has 3 rings (SSSR count). The molecule has 18 heavy (non-hydrogen) atoms. The van der Waals surface area contributed by atoms with E-state index in [-0.39, 0.29) is 5.82 Å². The molecule has 0 saturated heterocycles. The van der Waals surface area contributed by atoms with Gasteiger partial charge < -0.3 is 5.32 Å². The summed E-state index contributed by atoms with van der Waals surface area (Å²) in [7, 11) is 0. The molecule has 0 radical (unpaired) electrons. The highest BCUT2D eigenvalue weighted by atomic mass is 19.1. The van der Waals surface area contributed by atoms with Crippen LogP contribution in [0.3, 0.4) is 0 Å². The number of aromatic nitrogens is 4. The van der Waals surface area contributed by atoms with Crippen LogP contribution in [0.4, 0.5) is 16.0 Å². The first kappa shape index (κ1) is 10.6. The average Bonchev–Trinajstić information content (AvgIpc) is 2.76. The predicted molar refractivity (Wildman–Crippen MR) is 66.1 cm³/mol. The number of anilines is 2. The Morgan fingerprint density at radius 2 is 2.11 bits per heavy atom. The van der Waals surface area contributed by atoms with Crippen molar-refractivity contribution in [3.63, 3.8) is 0 Å². The van der Waals surface area contributed by atoms with Crippen LogP contribution in [0.2, 0.25) is 0 Å². The smallest absolute Gasteiger partial charge is 0.153 e. The fourth-order valence-corrected chi connectivity index (χ4v) is 1.73. The van der Waals surface area contributed by atoms with Gasteiger partial charge in [-0.15, -0.1) is 0 Å². The zero-order valence-corrected chi connectivity index (χ0v) is 9.61. The molecule has 1 aromatic carbocycles. The lowest BCUT2D eigenvalue weighted by molar-refractivity contribution is 0.629. The summed E-state index contributed by atoms with van der Waals surface area (Å²) in [5, 5.41) is 10.5. The number of aromatic amines is 1. The Morgan fingerprint density at radius 1 is 1.22 bits per heavy atom. The van der Waals surface area contributed by atoms with E-state index in [0.717, 1.165) is 5.69 Å². The number of fused-ring (bicyclic) bond motifs is 1. The van der Waals surface area contributed by atoms with Crippen molar-refractivity contribution in [1.82, 2.24) is 20.2 Å². The van der Waals surface area contributed by atoms with Crippen LogP contribution >= 0.6 is 0 Å². The number of hydrogen-bond donors (Lipinski definition) is 2. The van der Waals surface area contributed by atoms with Gasteiger partial charge >= 0.3 is 0 Å². The quantitative estimate of drug-likeness (QED) is 0.725. The minimum atomic E-state index is -0.321. The number of rotatable bonds is 2. The van der Waals surface area contributed by atoms with E-state index in [0.29, 0.717) is 22.5 Å². The Balaban J connectivity index is 2.08. The summed E-state index contributed by atoms with van der Waals surface area (Å²) >= 11 is 0. The van der Waals surface area contributed by atoms with Crippen LogP contribution in [0, 0.1) is 12.7 Å². The van der Waals surface area contributed by atoms with Gasteiger partial charge in [0, 0.05) is 17.1 Å². The second-order valence-electron chi connectivity index (χ2n) is 3.94. The molecule has 2 N–H and O–H groups in total. The summed E-state index contributed by atoms with van der Waals surface area (Å²) in [5.41, 5.74) is 1.61. The van der Waals surface area contributed by atoms with Crippen LogP contribution in [0.5, 0.6) is 0 Å². The van der Waals surface area contributed by atoms with Gasteiger partial charge in [-0.2, -0.15) is 5.10 Å². The summed E-state index contributed by atoms with van der Waals surface area (Å²) in [5.74, 6) is 0.848. The SMILES string of the molecule is Cc1cc(Nc2ncnc3ccc(F)cc23)n[nH]1. The van der Waals surface area contributed by atoms with Crippen molar-refractivity contribution < 1.29 is 4.39 Å². The van der Waals surface area contributed by atoms with Gasteiger partial charge in [-0.05, 0) is 25.1 Å². The first-order valence-corrected chi connectivity index (χ1v) is 5.42. The molecule has 0 atom stereocenters. The lowest BCUT2D eigenvalue weighted by atomic mass is 10.2. The summed E-state index contributed by atoms with van der Waals surface area (Å²) in [4.78, 5) is 8.19. The average molecular weight is 243 g/mol. The minimum Gasteiger partial charge on any atom is -0.323 e. The molecule has 0 aliphatic carbocycles. The maximum absolute atomic E-state index is 13.3. The lowest BCUT2D eigenvalue weighted by Gasteiger charge is -2.05. The molecule has 0 amide bonds. The minimum absolute atomic E-state index is 0.321. The van der Waals surface area contributed by atoms with E-state index in [1.165, 1.54) is 18.5 Å². The Hall–Kier alpha value is -2.50. The molecule has 0 fully saturated rings. The molecule has 0 aliphatic heterocycles. The van der Waals surface area contributed by atoms with Gasteiger partial charge in [0.25, 0.3) is 0 Å². The van der Waals surface area contributed by atoms with Crippen LogP contribution < -0.4 is 5.32 Å². The number of halogens is 1. The van der Waals surface area contributed by atoms with Crippen molar-refractivity contribution in [2.24, 2.45) is 0 Å². The van der Waals surface area contributed by atoms with E-state index in [9.17, 15) is 4.39 Å². The molecule has 6 heteroatoms. The van der Waals surface area contributed by atoms with Gasteiger partial charge in [0.05, 0.1) is 5.52 Å². The normalized spacial score (nSPS) is 10.8. The molecule has 0 spiro atoms. The van der Waals surface area contributed by atoms with Gasteiger partial charge in [0.15, 0.2) is 5.82 Å². The second-order valence-corrected chi connectivity index (χ2v) is 3.94. The fraction of sp³-hybridized carbons (Fsp3) is 0.0833. The third-order valence-corrected chi connectivity index (χ3v) is 2.55. The van der Waals surface area contributed by atoms with Crippen LogP contribution in [0.1, 0.15) is 5.69 Å². The standard InChI is InChI=1S/C12H10FN5/c1-7-4-11(18-17-7)16-12-9-5-8(13)2-3-10(9)14-6-15-12/h2-6H,1H3,(H2,14,15,16,17,18). The molecule has 0 bridgehead atoms. The first-order chi connectivity index (χ1) is 8.72. The summed E-state index contributed by atoms with van der Waals surface area (Å²) in [6, 6.07) is 6.23. The number of H-pyrrole nitrogens is 1. The maximum Gasteiger partial charge on any atom is 0.153 e. The summed E-state index contributed by atoms with van der Waals surface area (Å²) in [6.45, 7) is 1.90. The molecular weight excluding hydrogens is 233 g/mol. The molecule has 90 valence electrons. The Kier molecular flexibility index (Phi) is 2.40. The maximum atomic E-state index is 13.3. The number of hydrogen-bond acceptors (Lipinski definition) is 4. The van der Waals surface area contributed by atoms with Gasteiger partial charge in [-0.1, -0.05) is 0 Å². The third-order valence-electron chi connectivity index (χ3n) is 2.55. The molecule has 5 nitrogen and oxygen atoms in total. The number of aryl methyl sites for hydroxylation is 1. The van der Waals surface area contributed by atoms with Crippen molar-refractivity contribution in [3.8, 4) is 0 Å². The van der Waals surface area contributed by atoms with Crippen molar-refractivity contribution in [2.75, 3.05) is 5.32 Å².